The Bertz CT molecular complexity index is 399. The van der Waals surface area contributed by atoms with Gasteiger partial charge in [-0.3, -0.25) is 9.69 Å². The number of piperazine rings is 1. The Morgan fingerprint density at radius 2 is 2.00 bits per heavy atom. The molecule has 1 amide bonds. The van der Waals surface area contributed by atoms with Gasteiger partial charge in [-0.1, -0.05) is 0 Å². The molecule has 0 spiro atoms. The Labute approximate surface area is 149 Å². The predicted octanol–water partition coefficient (Wildman–Crippen LogP) is 0.293. The third kappa shape index (κ3) is 6.68. The number of hydrogen-bond acceptors (Lipinski definition) is 5. The number of methoxy groups -OCH3 is 1. The summed E-state index contributed by atoms with van der Waals surface area (Å²) in [6.45, 7) is 4.15. The average Bonchev–Trinajstić information content (AvgIpc) is 2.92. The van der Waals surface area contributed by atoms with Gasteiger partial charge in [-0.25, -0.2) is 4.98 Å². The summed E-state index contributed by atoms with van der Waals surface area (Å²) in [5, 5.41) is 0. The van der Waals surface area contributed by atoms with Gasteiger partial charge in [-0.15, -0.1) is 37.2 Å². The largest absolute Gasteiger partial charge is 0.383 e. The molecule has 1 aromatic rings. The first-order chi connectivity index (χ1) is 9.20. The summed E-state index contributed by atoms with van der Waals surface area (Å²) in [6.07, 6.45) is 3.57. The number of amides is 1. The van der Waals surface area contributed by atoms with Crippen LogP contribution in [0.15, 0.2) is 12.4 Å². The Kier molecular flexibility index (Phi) is 12.8. The minimum Gasteiger partial charge on any atom is -0.383 e. The second kappa shape index (κ2) is 11.9. The van der Waals surface area contributed by atoms with Crippen molar-refractivity contribution in [2.45, 2.75) is 12.6 Å². The van der Waals surface area contributed by atoms with Gasteiger partial charge < -0.3 is 20.4 Å². The van der Waals surface area contributed by atoms with Crippen molar-refractivity contribution in [1.82, 2.24) is 19.8 Å². The van der Waals surface area contributed by atoms with Crippen LogP contribution in [0.4, 0.5) is 0 Å². The first kappa shape index (κ1) is 23.7. The number of carbonyl (C=O) groups excluding carboxylic acids is 1. The van der Waals surface area contributed by atoms with Crippen LogP contribution in [0.1, 0.15) is 5.82 Å². The van der Waals surface area contributed by atoms with Gasteiger partial charge in [0.2, 0.25) is 5.91 Å². The number of carbonyl (C=O) groups is 1. The van der Waals surface area contributed by atoms with Crippen LogP contribution in [0.2, 0.25) is 0 Å². The van der Waals surface area contributed by atoms with Gasteiger partial charge in [-0.2, -0.15) is 0 Å². The molecular weight excluding hydrogens is 353 g/mol. The standard InChI is InChI=1S/C12H21N5O2.3ClH/c1-19-9-10(13)12(18)17-6-4-16(5-7-17)8-11-14-2-3-15-11;;;/h2-3,10H,4-9,13H2,1H3,(H,14,15);3*1H. The lowest BCUT2D eigenvalue weighted by Crippen LogP contribution is -2.53. The highest BCUT2D eigenvalue weighted by atomic mass is 35.5. The molecule has 2 heterocycles. The normalized spacial score (nSPS) is 16.0. The Balaban J connectivity index is 0. The van der Waals surface area contributed by atoms with Crippen molar-refractivity contribution in [2.24, 2.45) is 5.73 Å². The highest BCUT2D eigenvalue weighted by Gasteiger charge is 2.25. The van der Waals surface area contributed by atoms with Gasteiger partial charge in [0.05, 0.1) is 13.2 Å². The number of rotatable bonds is 5. The van der Waals surface area contributed by atoms with E-state index in [-0.39, 0.29) is 49.7 Å². The van der Waals surface area contributed by atoms with Crippen LogP contribution >= 0.6 is 37.2 Å². The fraction of sp³-hybridized carbons (Fsp3) is 0.667. The minimum atomic E-state index is -0.554. The minimum absolute atomic E-state index is 0. The number of nitrogens with zero attached hydrogens (tertiary/aromatic N) is 3. The molecule has 22 heavy (non-hydrogen) atoms. The molecule has 1 atom stereocenters. The molecule has 0 radical (unpaired) electrons. The van der Waals surface area contributed by atoms with Crippen molar-refractivity contribution in [3.8, 4) is 0 Å². The van der Waals surface area contributed by atoms with Gasteiger partial charge in [0.15, 0.2) is 0 Å². The Morgan fingerprint density at radius 1 is 1.36 bits per heavy atom. The number of imidazole rings is 1. The number of ether oxygens (including phenoxy) is 1. The van der Waals surface area contributed by atoms with E-state index in [1.807, 2.05) is 11.1 Å². The summed E-state index contributed by atoms with van der Waals surface area (Å²) in [5.74, 6) is 0.926. The lowest BCUT2D eigenvalue weighted by atomic mass is 10.2. The molecule has 1 unspecified atom stereocenters. The number of H-pyrrole nitrogens is 1. The molecule has 130 valence electrons. The zero-order valence-corrected chi connectivity index (χ0v) is 14.9. The quantitative estimate of drug-likeness (QED) is 0.771. The molecular formula is C12H24Cl3N5O2. The number of hydrogen-bond donors (Lipinski definition) is 2. The molecule has 2 rings (SSSR count). The van der Waals surface area contributed by atoms with E-state index < -0.39 is 6.04 Å². The number of aromatic amines is 1. The van der Waals surface area contributed by atoms with E-state index in [4.69, 9.17) is 10.5 Å². The maximum absolute atomic E-state index is 12.0. The molecule has 1 aromatic heterocycles. The Hall–Kier alpha value is -0.570. The highest BCUT2D eigenvalue weighted by molar-refractivity contribution is 5.86. The summed E-state index contributed by atoms with van der Waals surface area (Å²) < 4.78 is 4.91. The van der Waals surface area contributed by atoms with Gasteiger partial charge >= 0.3 is 0 Å². The van der Waals surface area contributed by atoms with Crippen LogP contribution in [0.5, 0.6) is 0 Å². The molecule has 0 bridgehead atoms. The highest BCUT2D eigenvalue weighted by Crippen LogP contribution is 2.06. The van der Waals surface area contributed by atoms with Crippen molar-refractivity contribution in [3.63, 3.8) is 0 Å². The van der Waals surface area contributed by atoms with E-state index >= 15 is 0 Å². The van der Waals surface area contributed by atoms with Crippen LogP contribution < -0.4 is 5.73 Å². The molecule has 10 heteroatoms. The molecule has 7 nitrogen and oxygen atoms in total. The Morgan fingerprint density at radius 3 is 2.50 bits per heavy atom. The fourth-order valence-corrected chi connectivity index (χ4v) is 2.21. The lowest BCUT2D eigenvalue weighted by Gasteiger charge is -2.35. The molecule has 3 N–H and O–H groups in total. The SMILES string of the molecule is COCC(N)C(=O)N1CCN(Cc2ncc[nH]2)CC1.Cl.Cl.Cl. The van der Waals surface area contributed by atoms with Crippen LogP contribution in [-0.2, 0) is 16.1 Å². The number of nitrogens with one attached hydrogen (secondary N) is 1. The van der Waals surface area contributed by atoms with Gasteiger partial charge in [0.25, 0.3) is 0 Å². The van der Waals surface area contributed by atoms with Crippen LogP contribution in [0.3, 0.4) is 0 Å². The van der Waals surface area contributed by atoms with E-state index in [2.05, 4.69) is 14.9 Å². The fourth-order valence-electron chi connectivity index (χ4n) is 2.21. The summed E-state index contributed by atoms with van der Waals surface area (Å²) in [4.78, 5) is 23.4. The molecule has 0 saturated carbocycles. The van der Waals surface area contributed by atoms with Crippen molar-refractivity contribution >= 4 is 43.1 Å². The van der Waals surface area contributed by atoms with E-state index in [1.165, 1.54) is 0 Å². The molecule has 1 aliphatic heterocycles. The lowest BCUT2D eigenvalue weighted by molar-refractivity contribution is -0.135. The topological polar surface area (TPSA) is 87.5 Å². The first-order valence-corrected chi connectivity index (χ1v) is 6.44. The summed E-state index contributed by atoms with van der Waals surface area (Å²) in [6, 6.07) is -0.554. The maximum Gasteiger partial charge on any atom is 0.241 e. The zero-order valence-electron chi connectivity index (χ0n) is 12.4. The number of nitrogens with two attached hydrogens (primary N) is 1. The van der Waals surface area contributed by atoms with E-state index in [0.29, 0.717) is 13.1 Å². The smallest absolute Gasteiger partial charge is 0.241 e. The summed E-state index contributed by atoms with van der Waals surface area (Å²) >= 11 is 0. The van der Waals surface area contributed by atoms with E-state index in [9.17, 15) is 4.79 Å². The second-order valence-electron chi connectivity index (χ2n) is 4.70. The van der Waals surface area contributed by atoms with Gasteiger partial charge in [0.1, 0.15) is 11.9 Å². The molecule has 1 saturated heterocycles. The van der Waals surface area contributed by atoms with E-state index in [1.54, 1.807) is 13.3 Å². The van der Waals surface area contributed by atoms with Crippen molar-refractivity contribution < 1.29 is 9.53 Å². The molecule has 0 aliphatic carbocycles. The molecule has 1 aliphatic rings. The zero-order chi connectivity index (χ0) is 13.7. The van der Waals surface area contributed by atoms with Crippen molar-refractivity contribution in [2.75, 3.05) is 39.9 Å². The third-order valence-corrected chi connectivity index (χ3v) is 3.28. The van der Waals surface area contributed by atoms with Crippen molar-refractivity contribution in [3.05, 3.63) is 18.2 Å². The number of aromatic nitrogens is 2. The summed E-state index contributed by atoms with van der Waals surface area (Å²) in [7, 11) is 1.55. The second-order valence-corrected chi connectivity index (χ2v) is 4.70. The maximum atomic E-state index is 12.0. The molecule has 1 fully saturated rings. The third-order valence-electron chi connectivity index (χ3n) is 3.28. The van der Waals surface area contributed by atoms with Gasteiger partial charge in [-0.05, 0) is 0 Å². The summed E-state index contributed by atoms with van der Waals surface area (Å²) in [5.41, 5.74) is 5.76. The van der Waals surface area contributed by atoms with Gasteiger partial charge in [0, 0.05) is 45.7 Å². The monoisotopic (exact) mass is 375 g/mol. The van der Waals surface area contributed by atoms with Crippen LogP contribution in [-0.4, -0.2) is 71.6 Å². The molecule has 0 aromatic carbocycles. The predicted molar refractivity (Wildman–Crippen MR) is 92.0 cm³/mol. The average molecular weight is 377 g/mol. The first-order valence-electron chi connectivity index (χ1n) is 6.44. The number of halogens is 3. The van der Waals surface area contributed by atoms with Crippen molar-refractivity contribution in [1.29, 1.82) is 0 Å². The van der Waals surface area contributed by atoms with Crippen LogP contribution in [0, 0.1) is 0 Å². The van der Waals surface area contributed by atoms with E-state index in [0.717, 1.165) is 25.5 Å². The van der Waals surface area contributed by atoms with Crippen LogP contribution in [0.25, 0.3) is 0 Å².